The molecular weight excluding hydrogens is 289 g/mol. The Labute approximate surface area is 138 Å². The van der Waals surface area contributed by atoms with Crippen molar-refractivity contribution in [2.24, 2.45) is 23.7 Å². The SMILES string of the molecule is CN(C(=O)CCc1ccc(F)cc1)C1C2CC3CC(C2)CC1C3. The van der Waals surface area contributed by atoms with Crippen LogP contribution >= 0.6 is 0 Å². The Hall–Kier alpha value is -1.38. The molecule has 0 atom stereocenters. The van der Waals surface area contributed by atoms with Crippen molar-refractivity contribution in [3.8, 4) is 0 Å². The van der Waals surface area contributed by atoms with Crippen molar-refractivity contribution in [2.45, 2.75) is 51.0 Å². The number of amides is 1. The first-order valence-electron chi connectivity index (χ1n) is 9.10. The van der Waals surface area contributed by atoms with Gasteiger partial charge in [-0.15, -0.1) is 0 Å². The molecule has 0 saturated heterocycles. The van der Waals surface area contributed by atoms with Crippen LogP contribution in [-0.2, 0) is 11.2 Å². The Morgan fingerprint density at radius 3 is 2.17 bits per heavy atom. The predicted molar refractivity (Wildman–Crippen MR) is 88.3 cm³/mol. The van der Waals surface area contributed by atoms with Gasteiger partial charge in [-0.3, -0.25) is 4.79 Å². The summed E-state index contributed by atoms with van der Waals surface area (Å²) in [5, 5.41) is 0. The maximum Gasteiger partial charge on any atom is 0.222 e. The molecule has 124 valence electrons. The molecule has 0 radical (unpaired) electrons. The van der Waals surface area contributed by atoms with Crippen LogP contribution in [0.3, 0.4) is 0 Å². The number of carbonyl (C=O) groups excluding carboxylic acids is 1. The van der Waals surface area contributed by atoms with Crippen LogP contribution in [0.2, 0.25) is 0 Å². The van der Waals surface area contributed by atoms with Gasteiger partial charge in [0, 0.05) is 19.5 Å². The lowest BCUT2D eigenvalue weighted by atomic mass is 9.54. The van der Waals surface area contributed by atoms with Crippen LogP contribution in [0.5, 0.6) is 0 Å². The minimum Gasteiger partial charge on any atom is -0.342 e. The lowest BCUT2D eigenvalue weighted by Gasteiger charge is -2.56. The van der Waals surface area contributed by atoms with Gasteiger partial charge in [0.05, 0.1) is 0 Å². The van der Waals surface area contributed by atoms with Crippen molar-refractivity contribution >= 4 is 5.91 Å². The topological polar surface area (TPSA) is 20.3 Å². The van der Waals surface area contributed by atoms with Crippen LogP contribution in [-0.4, -0.2) is 23.9 Å². The lowest BCUT2D eigenvalue weighted by molar-refractivity contribution is -0.141. The fourth-order valence-electron chi connectivity index (χ4n) is 5.77. The molecule has 0 heterocycles. The largest absolute Gasteiger partial charge is 0.342 e. The number of benzene rings is 1. The van der Waals surface area contributed by atoms with E-state index in [0.29, 0.717) is 18.9 Å². The average Bonchev–Trinajstić information content (AvgIpc) is 2.53. The Kier molecular flexibility index (Phi) is 3.90. The van der Waals surface area contributed by atoms with Crippen molar-refractivity contribution in [1.29, 1.82) is 0 Å². The van der Waals surface area contributed by atoms with Gasteiger partial charge >= 0.3 is 0 Å². The molecule has 1 amide bonds. The van der Waals surface area contributed by atoms with E-state index in [2.05, 4.69) is 4.90 Å². The van der Waals surface area contributed by atoms with Crippen LogP contribution < -0.4 is 0 Å². The molecular formula is C20H26FNO. The number of hydrogen-bond donors (Lipinski definition) is 0. The van der Waals surface area contributed by atoms with Gasteiger partial charge in [-0.2, -0.15) is 0 Å². The first-order valence-corrected chi connectivity index (χ1v) is 9.10. The molecule has 4 aliphatic carbocycles. The molecule has 5 rings (SSSR count). The van der Waals surface area contributed by atoms with Crippen molar-refractivity contribution < 1.29 is 9.18 Å². The Morgan fingerprint density at radius 2 is 1.61 bits per heavy atom. The van der Waals surface area contributed by atoms with E-state index >= 15 is 0 Å². The Balaban J connectivity index is 1.37. The Bertz CT molecular complexity index is 554. The lowest BCUT2D eigenvalue weighted by Crippen LogP contribution is -2.56. The number of carbonyl (C=O) groups is 1. The second kappa shape index (κ2) is 5.92. The summed E-state index contributed by atoms with van der Waals surface area (Å²) in [4.78, 5) is 14.7. The van der Waals surface area contributed by atoms with E-state index in [9.17, 15) is 9.18 Å². The number of nitrogens with zero attached hydrogens (tertiary/aromatic N) is 1. The van der Waals surface area contributed by atoms with Crippen LogP contribution in [0.25, 0.3) is 0 Å². The van der Waals surface area contributed by atoms with E-state index in [1.54, 1.807) is 12.1 Å². The molecule has 0 N–H and O–H groups in total. The molecule has 4 bridgehead atoms. The normalized spacial score (nSPS) is 34.6. The van der Waals surface area contributed by atoms with Gasteiger partial charge in [0.2, 0.25) is 5.91 Å². The van der Waals surface area contributed by atoms with E-state index in [4.69, 9.17) is 0 Å². The van der Waals surface area contributed by atoms with E-state index in [1.807, 2.05) is 7.05 Å². The van der Waals surface area contributed by atoms with Gasteiger partial charge in [0.15, 0.2) is 0 Å². The van der Waals surface area contributed by atoms with Gasteiger partial charge < -0.3 is 4.90 Å². The molecule has 3 heteroatoms. The molecule has 1 aromatic carbocycles. The maximum atomic E-state index is 12.9. The van der Waals surface area contributed by atoms with Crippen LogP contribution in [0.15, 0.2) is 24.3 Å². The summed E-state index contributed by atoms with van der Waals surface area (Å²) in [6.45, 7) is 0. The third-order valence-corrected chi connectivity index (χ3v) is 6.56. The summed E-state index contributed by atoms with van der Waals surface area (Å²) in [5.74, 6) is 3.41. The third kappa shape index (κ3) is 2.90. The molecule has 0 spiro atoms. The summed E-state index contributed by atoms with van der Waals surface area (Å²) in [6, 6.07) is 6.99. The summed E-state index contributed by atoms with van der Waals surface area (Å²) in [7, 11) is 2.01. The summed E-state index contributed by atoms with van der Waals surface area (Å²) >= 11 is 0. The standard InChI is InChI=1S/C20H26FNO/c1-22(19(23)7-4-13-2-5-18(21)6-3-13)20-16-9-14-8-15(11-16)12-17(20)10-14/h2-3,5-6,14-17,20H,4,7-12H2,1H3. The van der Waals surface area contributed by atoms with E-state index in [-0.39, 0.29) is 11.7 Å². The molecule has 0 aromatic heterocycles. The first kappa shape index (κ1) is 15.2. The van der Waals surface area contributed by atoms with Crippen molar-refractivity contribution in [3.05, 3.63) is 35.6 Å². The first-order chi connectivity index (χ1) is 11.1. The van der Waals surface area contributed by atoms with Crippen molar-refractivity contribution in [3.63, 3.8) is 0 Å². The molecule has 1 aromatic rings. The second-order valence-electron chi connectivity index (χ2n) is 8.05. The fraction of sp³-hybridized carbons (Fsp3) is 0.650. The quantitative estimate of drug-likeness (QED) is 0.821. The zero-order valence-corrected chi connectivity index (χ0v) is 13.9. The highest BCUT2D eigenvalue weighted by Gasteiger charge is 2.50. The number of aryl methyl sites for hydroxylation is 1. The highest BCUT2D eigenvalue weighted by atomic mass is 19.1. The molecule has 4 fully saturated rings. The van der Waals surface area contributed by atoms with Crippen LogP contribution in [0.1, 0.15) is 44.1 Å². The molecule has 0 unspecified atom stereocenters. The van der Waals surface area contributed by atoms with Gasteiger partial charge in [-0.05, 0) is 79.9 Å². The second-order valence-corrected chi connectivity index (χ2v) is 8.05. The van der Waals surface area contributed by atoms with E-state index in [0.717, 1.165) is 29.2 Å². The van der Waals surface area contributed by atoms with Gasteiger partial charge in [0.25, 0.3) is 0 Å². The summed E-state index contributed by atoms with van der Waals surface area (Å²) in [5.41, 5.74) is 1.04. The number of halogens is 1. The predicted octanol–water partition coefficient (Wildman–Crippen LogP) is 4.04. The minimum atomic E-state index is -0.217. The zero-order chi connectivity index (χ0) is 16.0. The average molecular weight is 315 g/mol. The maximum absolute atomic E-state index is 12.9. The fourth-order valence-corrected chi connectivity index (χ4v) is 5.77. The highest BCUT2D eigenvalue weighted by Crippen LogP contribution is 2.55. The van der Waals surface area contributed by atoms with Crippen molar-refractivity contribution in [2.75, 3.05) is 7.05 Å². The molecule has 4 saturated carbocycles. The number of rotatable bonds is 4. The van der Waals surface area contributed by atoms with Gasteiger partial charge in [-0.1, -0.05) is 12.1 Å². The molecule has 2 nitrogen and oxygen atoms in total. The van der Waals surface area contributed by atoms with Crippen molar-refractivity contribution in [1.82, 2.24) is 4.90 Å². The zero-order valence-electron chi connectivity index (χ0n) is 13.9. The molecule has 4 aliphatic rings. The van der Waals surface area contributed by atoms with Crippen LogP contribution in [0, 0.1) is 29.5 Å². The summed E-state index contributed by atoms with van der Waals surface area (Å²) < 4.78 is 12.9. The minimum absolute atomic E-state index is 0.217. The van der Waals surface area contributed by atoms with E-state index < -0.39 is 0 Å². The van der Waals surface area contributed by atoms with Gasteiger partial charge in [-0.25, -0.2) is 4.39 Å². The molecule has 0 aliphatic heterocycles. The monoisotopic (exact) mass is 315 g/mol. The highest BCUT2D eigenvalue weighted by molar-refractivity contribution is 5.76. The summed E-state index contributed by atoms with van der Waals surface area (Å²) in [6.07, 6.45) is 8.05. The smallest absolute Gasteiger partial charge is 0.222 e. The van der Waals surface area contributed by atoms with Crippen LogP contribution in [0.4, 0.5) is 4.39 Å². The van der Waals surface area contributed by atoms with Gasteiger partial charge in [0.1, 0.15) is 5.82 Å². The number of hydrogen-bond acceptors (Lipinski definition) is 1. The van der Waals surface area contributed by atoms with E-state index in [1.165, 1.54) is 44.2 Å². The molecule has 23 heavy (non-hydrogen) atoms. The Morgan fingerprint density at radius 1 is 1.04 bits per heavy atom. The third-order valence-electron chi connectivity index (χ3n) is 6.56.